The number of carbonyl (C=O) groups excluding carboxylic acids is 1. The van der Waals surface area contributed by atoms with Gasteiger partial charge in [-0.05, 0) is 12.0 Å². The monoisotopic (exact) mass is 178 g/mol. The van der Waals surface area contributed by atoms with Crippen molar-refractivity contribution < 1.29 is 4.79 Å². The highest BCUT2D eigenvalue weighted by Gasteiger charge is 2.21. The predicted octanol–water partition coefficient (Wildman–Crippen LogP) is 0.00300. The number of rotatable bonds is 0. The van der Waals surface area contributed by atoms with Crippen LogP contribution in [0.1, 0.15) is 15.9 Å². The van der Waals surface area contributed by atoms with Gasteiger partial charge in [-0.2, -0.15) is 0 Å². The van der Waals surface area contributed by atoms with E-state index in [2.05, 4.69) is 4.98 Å². The van der Waals surface area contributed by atoms with Gasteiger partial charge in [-0.1, -0.05) is 0 Å². The Balaban J connectivity index is 2.56. The molecule has 1 aliphatic heterocycles. The van der Waals surface area contributed by atoms with E-state index in [0.717, 1.165) is 12.0 Å². The molecule has 4 nitrogen and oxygen atoms in total. The Morgan fingerprint density at radius 2 is 2.23 bits per heavy atom. The zero-order valence-electron chi connectivity index (χ0n) is 7.33. The number of aromatic nitrogens is 1. The van der Waals surface area contributed by atoms with Gasteiger partial charge in [-0.15, -0.1) is 0 Å². The standard InChI is InChI=1S/C9H10N2O2/c1-11-3-2-6-4-8(12)10-5-7(6)9(11)13/h4-5H,2-3H2,1H3,(H,10,12). The van der Waals surface area contributed by atoms with Crippen LogP contribution in [0.2, 0.25) is 0 Å². The first-order valence-corrected chi connectivity index (χ1v) is 4.15. The van der Waals surface area contributed by atoms with E-state index in [1.54, 1.807) is 11.9 Å². The van der Waals surface area contributed by atoms with Crippen molar-refractivity contribution >= 4 is 5.91 Å². The van der Waals surface area contributed by atoms with Gasteiger partial charge in [0.15, 0.2) is 0 Å². The molecule has 0 radical (unpaired) electrons. The molecule has 13 heavy (non-hydrogen) atoms. The van der Waals surface area contributed by atoms with Crippen molar-refractivity contribution in [3.63, 3.8) is 0 Å². The SMILES string of the molecule is CN1CCc2cc(=O)[nH]cc2C1=O. The normalized spacial score (nSPS) is 15.8. The Kier molecular flexibility index (Phi) is 1.69. The zero-order chi connectivity index (χ0) is 9.42. The van der Waals surface area contributed by atoms with Gasteiger partial charge >= 0.3 is 0 Å². The maximum atomic E-state index is 11.5. The minimum atomic E-state index is -0.142. The summed E-state index contributed by atoms with van der Waals surface area (Å²) >= 11 is 0. The molecule has 1 aliphatic rings. The van der Waals surface area contributed by atoms with Crippen LogP contribution >= 0.6 is 0 Å². The molecule has 0 aliphatic carbocycles. The third-order valence-electron chi connectivity index (χ3n) is 2.30. The molecular weight excluding hydrogens is 168 g/mol. The van der Waals surface area contributed by atoms with Crippen molar-refractivity contribution in [2.75, 3.05) is 13.6 Å². The molecule has 4 heteroatoms. The summed E-state index contributed by atoms with van der Waals surface area (Å²) in [5.74, 6) is -0.0162. The second kappa shape index (κ2) is 2.73. The van der Waals surface area contributed by atoms with Gasteiger partial charge in [-0.25, -0.2) is 0 Å². The average Bonchev–Trinajstić information content (AvgIpc) is 2.12. The highest BCUT2D eigenvalue weighted by atomic mass is 16.2. The van der Waals surface area contributed by atoms with Crippen LogP contribution in [0.25, 0.3) is 0 Å². The Morgan fingerprint density at radius 3 is 3.00 bits per heavy atom. The van der Waals surface area contributed by atoms with E-state index in [9.17, 15) is 9.59 Å². The molecule has 2 heterocycles. The van der Waals surface area contributed by atoms with Gasteiger partial charge in [0.05, 0.1) is 5.56 Å². The number of hydrogen-bond donors (Lipinski definition) is 1. The molecule has 0 saturated carbocycles. The number of H-pyrrole nitrogens is 1. The van der Waals surface area contributed by atoms with Crippen LogP contribution in [0.3, 0.4) is 0 Å². The van der Waals surface area contributed by atoms with Crippen molar-refractivity contribution in [2.24, 2.45) is 0 Å². The molecule has 0 bridgehead atoms. The van der Waals surface area contributed by atoms with Gasteiger partial charge in [0.1, 0.15) is 0 Å². The Labute approximate surface area is 75.2 Å². The number of likely N-dealkylation sites (N-methyl/N-ethyl adjacent to an activating group) is 1. The lowest BCUT2D eigenvalue weighted by Gasteiger charge is -2.23. The lowest BCUT2D eigenvalue weighted by molar-refractivity contribution is 0.0780. The molecule has 1 aromatic rings. The van der Waals surface area contributed by atoms with E-state index in [-0.39, 0.29) is 11.5 Å². The summed E-state index contributed by atoms with van der Waals surface area (Å²) in [7, 11) is 1.76. The van der Waals surface area contributed by atoms with Crippen LogP contribution in [0.5, 0.6) is 0 Å². The smallest absolute Gasteiger partial charge is 0.255 e. The lowest BCUT2D eigenvalue weighted by atomic mass is 10.0. The van der Waals surface area contributed by atoms with E-state index in [1.165, 1.54) is 12.3 Å². The zero-order valence-corrected chi connectivity index (χ0v) is 7.33. The molecule has 1 N–H and O–H groups in total. The quantitative estimate of drug-likeness (QED) is 0.608. The van der Waals surface area contributed by atoms with E-state index in [4.69, 9.17) is 0 Å². The minimum Gasteiger partial charge on any atom is -0.341 e. The van der Waals surface area contributed by atoms with Crippen LogP contribution in [-0.4, -0.2) is 29.4 Å². The maximum absolute atomic E-state index is 11.5. The van der Waals surface area contributed by atoms with Crippen LogP contribution < -0.4 is 5.56 Å². The largest absolute Gasteiger partial charge is 0.341 e. The maximum Gasteiger partial charge on any atom is 0.255 e. The van der Waals surface area contributed by atoms with Gasteiger partial charge in [0.25, 0.3) is 5.91 Å². The number of pyridine rings is 1. The van der Waals surface area contributed by atoms with Gasteiger partial charge in [0.2, 0.25) is 5.56 Å². The number of aromatic amines is 1. The number of nitrogens with one attached hydrogen (secondary N) is 1. The van der Waals surface area contributed by atoms with E-state index >= 15 is 0 Å². The molecule has 0 spiro atoms. The molecule has 0 saturated heterocycles. The molecule has 2 rings (SSSR count). The third-order valence-corrected chi connectivity index (χ3v) is 2.30. The molecule has 1 amide bonds. The van der Waals surface area contributed by atoms with Crippen molar-refractivity contribution in [3.05, 3.63) is 33.7 Å². The second-order valence-electron chi connectivity index (χ2n) is 3.21. The third kappa shape index (κ3) is 1.24. The van der Waals surface area contributed by atoms with E-state index < -0.39 is 0 Å². The highest BCUT2D eigenvalue weighted by Crippen LogP contribution is 2.14. The highest BCUT2D eigenvalue weighted by molar-refractivity contribution is 5.96. The summed E-state index contributed by atoms with van der Waals surface area (Å²) in [5, 5.41) is 0. The first-order valence-electron chi connectivity index (χ1n) is 4.15. The Morgan fingerprint density at radius 1 is 1.46 bits per heavy atom. The number of fused-ring (bicyclic) bond motifs is 1. The number of nitrogens with zero attached hydrogens (tertiary/aromatic N) is 1. The first-order chi connectivity index (χ1) is 6.18. The summed E-state index contributed by atoms with van der Waals surface area (Å²) in [6.07, 6.45) is 2.26. The van der Waals surface area contributed by atoms with Crippen LogP contribution in [0.15, 0.2) is 17.1 Å². The summed E-state index contributed by atoms with van der Waals surface area (Å²) in [6, 6.07) is 1.50. The molecule has 0 atom stereocenters. The summed E-state index contributed by atoms with van der Waals surface area (Å²) in [5.41, 5.74) is 1.33. The van der Waals surface area contributed by atoms with Crippen molar-refractivity contribution in [2.45, 2.75) is 6.42 Å². The Bertz CT molecular complexity index is 408. The van der Waals surface area contributed by atoms with Gasteiger partial charge in [-0.3, -0.25) is 9.59 Å². The second-order valence-corrected chi connectivity index (χ2v) is 3.21. The molecule has 68 valence electrons. The van der Waals surface area contributed by atoms with Gasteiger partial charge < -0.3 is 9.88 Å². The fourth-order valence-corrected chi connectivity index (χ4v) is 1.51. The predicted molar refractivity (Wildman–Crippen MR) is 47.7 cm³/mol. The van der Waals surface area contributed by atoms with Crippen LogP contribution in [-0.2, 0) is 6.42 Å². The van der Waals surface area contributed by atoms with E-state index in [1.807, 2.05) is 0 Å². The summed E-state index contributed by atoms with van der Waals surface area (Å²) in [6.45, 7) is 0.690. The minimum absolute atomic E-state index is 0.0162. The number of hydrogen-bond acceptors (Lipinski definition) is 2. The first kappa shape index (κ1) is 8.04. The molecule has 0 unspecified atom stereocenters. The molecule has 0 fully saturated rings. The number of carbonyl (C=O) groups is 1. The Hall–Kier alpha value is -1.58. The molecule has 0 aromatic carbocycles. The average molecular weight is 178 g/mol. The van der Waals surface area contributed by atoms with Crippen LogP contribution in [0.4, 0.5) is 0 Å². The number of amides is 1. The topological polar surface area (TPSA) is 53.2 Å². The summed E-state index contributed by atoms with van der Waals surface area (Å²) < 4.78 is 0. The van der Waals surface area contributed by atoms with Crippen molar-refractivity contribution in [3.8, 4) is 0 Å². The molecular formula is C9H10N2O2. The molecule has 1 aromatic heterocycles. The summed E-state index contributed by atoms with van der Waals surface area (Å²) in [4.78, 5) is 26.6. The van der Waals surface area contributed by atoms with Crippen LogP contribution in [0, 0.1) is 0 Å². The van der Waals surface area contributed by atoms with Gasteiger partial charge in [0, 0.05) is 25.9 Å². The van der Waals surface area contributed by atoms with Crippen molar-refractivity contribution in [1.29, 1.82) is 0 Å². The fourth-order valence-electron chi connectivity index (χ4n) is 1.51. The lowest BCUT2D eigenvalue weighted by Crippen LogP contribution is -2.35. The fraction of sp³-hybridized carbons (Fsp3) is 0.333. The van der Waals surface area contributed by atoms with E-state index in [0.29, 0.717) is 12.1 Å². The van der Waals surface area contributed by atoms with Crippen molar-refractivity contribution in [1.82, 2.24) is 9.88 Å².